The molecule has 3 N–H and O–H groups in total. The lowest BCUT2D eigenvalue weighted by molar-refractivity contribution is 0.0996. The highest BCUT2D eigenvalue weighted by molar-refractivity contribution is 6.07. The molecule has 0 unspecified atom stereocenters. The van der Waals surface area contributed by atoms with E-state index in [1.165, 1.54) is 0 Å². The van der Waals surface area contributed by atoms with Crippen molar-refractivity contribution in [3.63, 3.8) is 0 Å². The molecule has 1 fully saturated rings. The number of aryl methyl sites for hydroxylation is 2. The number of rotatable bonds is 4. The van der Waals surface area contributed by atoms with E-state index < -0.39 is 5.91 Å². The standard InChI is InChI=1S/C18H21N3O3/c1-11-9-14(12(2)24-11)18(23)20-15-10-13(17(19)22)5-6-16(15)21-7-3-4-8-21/h5-6,9-10H,3-4,7-8H2,1-2H3,(H2,19,22)(H,20,23). The molecule has 0 aliphatic carbocycles. The number of hydrogen-bond donors (Lipinski definition) is 2. The first kappa shape index (κ1) is 16.1. The second-order valence-electron chi connectivity index (χ2n) is 6.07. The summed E-state index contributed by atoms with van der Waals surface area (Å²) >= 11 is 0. The number of hydrogen-bond acceptors (Lipinski definition) is 4. The molecule has 3 rings (SSSR count). The highest BCUT2D eigenvalue weighted by Crippen LogP contribution is 2.30. The molecule has 6 nitrogen and oxygen atoms in total. The van der Waals surface area contributed by atoms with Crippen molar-refractivity contribution in [3.05, 3.63) is 46.9 Å². The SMILES string of the molecule is Cc1cc(C(=O)Nc2cc(C(N)=O)ccc2N2CCCC2)c(C)o1. The molecule has 1 saturated heterocycles. The molecule has 0 bridgehead atoms. The second-order valence-corrected chi connectivity index (χ2v) is 6.07. The van der Waals surface area contributed by atoms with Gasteiger partial charge in [0.25, 0.3) is 5.91 Å². The van der Waals surface area contributed by atoms with Gasteiger partial charge >= 0.3 is 0 Å². The van der Waals surface area contributed by atoms with E-state index in [0.717, 1.165) is 31.6 Å². The number of primary amides is 1. The molecule has 0 atom stereocenters. The van der Waals surface area contributed by atoms with Crippen LogP contribution in [0.2, 0.25) is 0 Å². The van der Waals surface area contributed by atoms with Gasteiger partial charge in [-0.3, -0.25) is 9.59 Å². The lowest BCUT2D eigenvalue weighted by atomic mass is 10.1. The summed E-state index contributed by atoms with van der Waals surface area (Å²) in [6, 6.07) is 6.88. The average molecular weight is 327 g/mol. The minimum atomic E-state index is -0.520. The number of furan rings is 1. The number of nitrogens with one attached hydrogen (secondary N) is 1. The van der Waals surface area contributed by atoms with Crippen molar-refractivity contribution < 1.29 is 14.0 Å². The smallest absolute Gasteiger partial charge is 0.259 e. The number of amides is 2. The molecule has 1 aliphatic heterocycles. The van der Waals surface area contributed by atoms with Gasteiger partial charge in [-0.05, 0) is 51.0 Å². The van der Waals surface area contributed by atoms with Crippen molar-refractivity contribution in [1.29, 1.82) is 0 Å². The number of benzene rings is 1. The summed E-state index contributed by atoms with van der Waals surface area (Å²) in [5.41, 5.74) is 7.73. The Morgan fingerprint density at radius 3 is 2.46 bits per heavy atom. The first-order valence-electron chi connectivity index (χ1n) is 8.03. The number of nitrogens with zero attached hydrogens (tertiary/aromatic N) is 1. The quantitative estimate of drug-likeness (QED) is 0.904. The minimum Gasteiger partial charge on any atom is -0.466 e. The fraction of sp³-hybridized carbons (Fsp3) is 0.333. The third kappa shape index (κ3) is 3.13. The summed E-state index contributed by atoms with van der Waals surface area (Å²) in [6.45, 7) is 5.42. The van der Waals surface area contributed by atoms with Gasteiger partial charge in [-0.15, -0.1) is 0 Å². The highest BCUT2D eigenvalue weighted by atomic mass is 16.3. The van der Waals surface area contributed by atoms with Crippen molar-refractivity contribution in [2.75, 3.05) is 23.3 Å². The van der Waals surface area contributed by atoms with Gasteiger partial charge < -0.3 is 20.4 Å². The minimum absolute atomic E-state index is 0.258. The number of nitrogens with two attached hydrogens (primary N) is 1. The van der Waals surface area contributed by atoms with Gasteiger partial charge in [0.15, 0.2) is 0 Å². The first-order valence-corrected chi connectivity index (χ1v) is 8.03. The van der Waals surface area contributed by atoms with Crippen LogP contribution < -0.4 is 16.0 Å². The van der Waals surface area contributed by atoms with Crippen LogP contribution in [-0.2, 0) is 0 Å². The largest absolute Gasteiger partial charge is 0.466 e. The molecule has 24 heavy (non-hydrogen) atoms. The van der Waals surface area contributed by atoms with Gasteiger partial charge in [0.1, 0.15) is 11.5 Å². The normalized spacial score (nSPS) is 14.0. The number of carbonyl (C=O) groups is 2. The zero-order chi connectivity index (χ0) is 17.3. The maximum Gasteiger partial charge on any atom is 0.259 e. The Labute approximate surface area is 140 Å². The van der Waals surface area contributed by atoms with Crippen LogP contribution in [0.3, 0.4) is 0 Å². The predicted molar refractivity (Wildman–Crippen MR) is 92.5 cm³/mol. The van der Waals surface area contributed by atoms with Crippen LogP contribution in [0, 0.1) is 13.8 Å². The summed E-state index contributed by atoms with van der Waals surface area (Å²) in [5, 5.41) is 2.90. The maximum atomic E-state index is 12.6. The summed E-state index contributed by atoms with van der Waals surface area (Å²) in [7, 11) is 0. The monoisotopic (exact) mass is 327 g/mol. The van der Waals surface area contributed by atoms with E-state index in [-0.39, 0.29) is 5.91 Å². The molecule has 2 aromatic rings. The van der Waals surface area contributed by atoms with Crippen molar-refractivity contribution in [1.82, 2.24) is 0 Å². The zero-order valence-corrected chi connectivity index (χ0v) is 13.9. The molecular weight excluding hydrogens is 306 g/mol. The van der Waals surface area contributed by atoms with Crippen LogP contribution in [0.15, 0.2) is 28.7 Å². The molecule has 2 amide bonds. The molecular formula is C18H21N3O3. The van der Waals surface area contributed by atoms with Crippen molar-refractivity contribution in [3.8, 4) is 0 Å². The summed E-state index contributed by atoms with van der Waals surface area (Å²) in [6.07, 6.45) is 2.23. The molecule has 6 heteroatoms. The highest BCUT2D eigenvalue weighted by Gasteiger charge is 2.20. The third-order valence-electron chi connectivity index (χ3n) is 4.26. The van der Waals surface area contributed by atoms with E-state index in [1.54, 1.807) is 32.0 Å². The topological polar surface area (TPSA) is 88.6 Å². The van der Waals surface area contributed by atoms with E-state index in [1.807, 2.05) is 6.07 Å². The molecule has 1 aromatic carbocycles. The molecule has 0 radical (unpaired) electrons. The first-order chi connectivity index (χ1) is 11.5. The summed E-state index contributed by atoms with van der Waals surface area (Å²) < 4.78 is 5.42. The van der Waals surface area contributed by atoms with Gasteiger partial charge in [0, 0.05) is 18.7 Å². The van der Waals surface area contributed by atoms with E-state index >= 15 is 0 Å². The molecule has 0 saturated carbocycles. The van der Waals surface area contributed by atoms with Crippen LogP contribution in [0.4, 0.5) is 11.4 Å². The second kappa shape index (κ2) is 6.39. The Kier molecular flexibility index (Phi) is 4.29. The Balaban J connectivity index is 1.94. The van der Waals surface area contributed by atoms with Gasteiger partial charge in [-0.25, -0.2) is 0 Å². The van der Waals surface area contributed by atoms with E-state index in [2.05, 4.69) is 10.2 Å². The van der Waals surface area contributed by atoms with Gasteiger partial charge in [-0.2, -0.15) is 0 Å². The molecule has 1 aliphatic rings. The Hall–Kier alpha value is -2.76. The van der Waals surface area contributed by atoms with E-state index in [0.29, 0.717) is 28.3 Å². The fourth-order valence-electron chi connectivity index (χ4n) is 3.07. The Bertz CT molecular complexity index is 789. The van der Waals surface area contributed by atoms with Crippen LogP contribution in [-0.4, -0.2) is 24.9 Å². The van der Waals surface area contributed by atoms with E-state index in [4.69, 9.17) is 10.2 Å². The third-order valence-corrected chi connectivity index (χ3v) is 4.26. The number of carbonyl (C=O) groups excluding carboxylic acids is 2. The van der Waals surface area contributed by atoms with Crippen molar-refractivity contribution in [2.45, 2.75) is 26.7 Å². The van der Waals surface area contributed by atoms with Gasteiger partial charge in [0.2, 0.25) is 5.91 Å². The van der Waals surface area contributed by atoms with Crippen LogP contribution in [0.5, 0.6) is 0 Å². The Morgan fingerprint density at radius 2 is 1.88 bits per heavy atom. The van der Waals surface area contributed by atoms with Gasteiger partial charge in [0.05, 0.1) is 16.9 Å². The predicted octanol–water partition coefficient (Wildman–Crippen LogP) is 2.85. The molecule has 1 aromatic heterocycles. The van der Waals surface area contributed by atoms with E-state index in [9.17, 15) is 9.59 Å². The summed E-state index contributed by atoms with van der Waals surface area (Å²) in [4.78, 5) is 26.3. The van der Waals surface area contributed by atoms with Crippen LogP contribution in [0.1, 0.15) is 45.1 Å². The number of anilines is 2. The molecule has 126 valence electrons. The van der Waals surface area contributed by atoms with Gasteiger partial charge in [-0.1, -0.05) is 0 Å². The average Bonchev–Trinajstić information content (AvgIpc) is 3.16. The van der Waals surface area contributed by atoms with Crippen LogP contribution >= 0.6 is 0 Å². The summed E-state index contributed by atoms with van der Waals surface area (Å²) in [5.74, 6) is 0.474. The van der Waals surface area contributed by atoms with Crippen molar-refractivity contribution >= 4 is 23.2 Å². The lowest BCUT2D eigenvalue weighted by Gasteiger charge is -2.22. The molecule has 0 spiro atoms. The van der Waals surface area contributed by atoms with Crippen molar-refractivity contribution in [2.24, 2.45) is 5.73 Å². The maximum absolute atomic E-state index is 12.6. The fourth-order valence-corrected chi connectivity index (χ4v) is 3.07. The lowest BCUT2D eigenvalue weighted by Crippen LogP contribution is -2.22. The van der Waals surface area contributed by atoms with Crippen LogP contribution in [0.25, 0.3) is 0 Å². The molecule has 2 heterocycles. The zero-order valence-electron chi connectivity index (χ0n) is 13.9. The Morgan fingerprint density at radius 1 is 1.17 bits per heavy atom.